The fourth-order valence-corrected chi connectivity index (χ4v) is 3.75. The van der Waals surface area contributed by atoms with Crippen molar-refractivity contribution in [2.75, 3.05) is 19.6 Å². The number of amides is 1. The van der Waals surface area contributed by atoms with Gasteiger partial charge in [-0.1, -0.05) is 6.07 Å². The Bertz CT molecular complexity index is 801. The molecule has 1 saturated heterocycles. The lowest BCUT2D eigenvalue weighted by Crippen LogP contribution is -2.39. The molecule has 26 heavy (non-hydrogen) atoms. The summed E-state index contributed by atoms with van der Waals surface area (Å²) in [5.41, 5.74) is 1.27. The number of hydrogen-bond acceptors (Lipinski definition) is 4. The van der Waals surface area contributed by atoms with E-state index in [2.05, 4.69) is 20.1 Å². The van der Waals surface area contributed by atoms with Crippen molar-refractivity contribution in [2.24, 2.45) is 0 Å². The van der Waals surface area contributed by atoms with Crippen molar-refractivity contribution in [3.63, 3.8) is 0 Å². The van der Waals surface area contributed by atoms with Crippen LogP contribution >= 0.6 is 12.4 Å². The monoisotopic (exact) mass is 379 g/mol. The normalized spacial score (nSPS) is 17.5. The Labute approximate surface area is 158 Å². The van der Waals surface area contributed by atoms with Gasteiger partial charge in [0.05, 0.1) is 6.54 Å². The standard InChI is InChI=1S/C18H22FN5O.ClH/c1-12-2-3-14(19)10-15(12)18(25)23-7-4-13(5-8-23)17-22-21-16-11-20-6-9-24(16)17;/h2-3,10,13,20H,4-9,11H2,1H3;1H. The molecule has 1 aromatic heterocycles. The second-order valence-corrected chi connectivity index (χ2v) is 6.83. The molecule has 1 aromatic carbocycles. The molecular weight excluding hydrogens is 357 g/mol. The number of hydrogen-bond donors (Lipinski definition) is 1. The number of fused-ring (bicyclic) bond motifs is 1. The van der Waals surface area contributed by atoms with E-state index in [4.69, 9.17) is 0 Å². The fourth-order valence-electron chi connectivity index (χ4n) is 3.75. The third kappa shape index (κ3) is 3.46. The molecule has 0 radical (unpaired) electrons. The number of halogens is 2. The van der Waals surface area contributed by atoms with Crippen LogP contribution < -0.4 is 5.32 Å². The third-order valence-corrected chi connectivity index (χ3v) is 5.23. The molecule has 0 unspecified atom stereocenters. The van der Waals surface area contributed by atoms with E-state index in [0.717, 1.165) is 49.7 Å². The van der Waals surface area contributed by atoms with Crippen LogP contribution in [0.3, 0.4) is 0 Å². The van der Waals surface area contributed by atoms with Gasteiger partial charge < -0.3 is 14.8 Å². The Morgan fingerprint density at radius 2 is 2.00 bits per heavy atom. The number of likely N-dealkylation sites (tertiary alicyclic amines) is 1. The topological polar surface area (TPSA) is 63.1 Å². The number of aromatic nitrogens is 3. The van der Waals surface area contributed by atoms with E-state index >= 15 is 0 Å². The molecule has 4 rings (SSSR count). The number of carbonyl (C=O) groups is 1. The molecule has 0 aliphatic carbocycles. The number of nitrogens with zero attached hydrogens (tertiary/aromatic N) is 4. The number of benzene rings is 1. The number of piperidine rings is 1. The molecule has 0 bridgehead atoms. The van der Waals surface area contributed by atoms with Crippen molar-refractivity contribution in [3.8, 4) is 0 Å². The maximum Gasteiger partial charge on any atom is 0.254 e. The van der Waals surface area contributed by atoms with Crippen molar-refractivity contribution in [3.05, 3.63) is 46.8 Å². The van der Waals surface area contributed by atoms with Crippen LogP contribution in [0, 0.1) is 12.7 Å². The molecule has 8 heteroatoms. The number of aryl methyl sites for hydroxylation is 1. The largest absolute Gasteiger partial charge is 0.339 e. The summed E-state index contributed by atoms with van der Waals surface area (Å²) in [5, 5.41) is 12.0. The first-order valence-electron chi connectivity index (χ1n) is 8.81. The maximum atomic E-state index is 13.5. The molecule has 0 saturated carbocycles. The van der Waals surface area contributed by atoms with Crippen LogP contribution in [0.15, 0.2) is 18.2 Å². The number of carbonyl (C=O) groups excluding carboxylic acids is 1. The minimum atomic E-state index is -0.368. The minimum absolute atomic E-state index is 0. The molecule has 2 aliphatic heterocycles. The lowest BCUT2D eigenvalue weighted by molar-refractivity contribution is 0.0709. The van der Waals surface area contributed by atoms with Gasteiger partial charge >= 0.3 is 0 Å². The first-order valence-corrected chi connectivity index (χ1v) is 8.81. The molecule has 2 aliphatic rings. The van der Waals surface area contributed by atoms with E-state index in [0.29, 0.717) is 24.6 Å². The fraction of sp³-hybridized carbons (Fsp3) is 0.500. The zero-order chi connectivity index (χ0) is 17.4. The summed E-state index contributed by atoms with van der Waals surface area (Å²) < 4.78 is 15.7. The molecule has 2 aromatic rings. The zero-order valence-electron chi connectivity index (χ0n) is 14.7. The lowest BCUT2D eigenvalue weighted by atomic mass is 9.95. The minimum Gasteiger partial charge on any atom is -0.339 e. The van der Waals surface area contributed by atoms with Crippen LogP contribution in [-0.4, -0.2) is 45.2 Å². The Balaban J connectivity index is 0.00000196. The van der Waals surface area contributed by atoms with Crippen LogP contribution in [0.2, 0.25) is 0 Å². The quantitative estimate of drug-likeness (QED) is 0.869. The number of nitrogens with one attached hydrogen (secondary N) is 1. The van der Waals surface area contributed by atoms with Crippen molar-refractivity contribution in [1.29, 1.82) is 0 Å². The van der Waals surface area contributed by atoms with Gasteiger partial charge in [0.25, 0.3) is 5.91 Å². The molecule has 0 atom stereocenters. The van der Waals surface area contributed by atoms with Crippen molar-refractivity contribution in [1.82, 2.24) is 25.0 Å². The van der Waals surface area contributed by atoms with E-state index in [1.165, 1.54) is 12.1 Å². The van der Waals surface area contributed by atoms with Crippen LogP contribution in [-0.2, 0) is 13.1 Å². The van der Waals surface area contributed by atoms with Gasteiger partial charge in [-0.3, -0.25) is 4.79 Å². The molecule has 140 valence electrons. The molecule has 3 heterocycles. The van der Waals surface area contributed by atoms with Crippen LogP contribution in [0.4, 0.5) is 4.39 Å². The Morgan fingerprint density at radius 1 is 1.23 bits per heavy atom. The predicted molar refractivity (Wildman–Crippen MR) is 98.0 cm³/mol. The average molecular weight is 380 g/mol. The summed E-state index contributed by atoms with van der Waals surface area (Å²) in [7, 11) is 0. The summed E-state index contributed by atoms with van der Waals surface area (Å²) in [6, 6.07) is 4.39. The van der Waals surface area contributed by atoms with Gasteiger partial charge in [0.1, 0.15) is 17.5 Å². The van der Waals surface area contributed by atoms with Crippen molar-refractivity contribution in [2.45, 2.75) is 38.8 Å². The third-order valence-electron chi connectivity index (χ3n) is 5.23. The second-order valence-electron chi connectivity index (χ2n) is 6.83. The second kappa shape index (κ2) is 7.72. The first-order chi connectivity index (χ1) is 12.1. The molecule has 1 N–H and O–H groups in total. The highest BCUT2D eigenvalue weighted by Crippen LogP contribution is 2.29. The molecule has 1 amide bonds. The summed E-state index contributed by atoms with van der Waals surface area (Å²) >= 11 is 0. The molecular formula is C18H23ClFN5O. The Morgan fingerprint density at radius 3 is 2.77 bits per heavy atom. The smallest absolute Gasteiger partial charge is 0.254 e. The predicted octanol–water partition coefficient (Wildman–Crippen LogP) is 2.27. The maximum absolute atomic E-state index is 13.5. The van der Waals surface area contributed by atoms with Gasteiger partial charge in [-0.05, 0) is 37.5 Å². The summed E-state index contributed by atoms with van der Waals surface area (Å²) in [4.78, 5) is 14.5. The van der Waals surface area contributed by atoms with E-state index < -0.39 is 0 Å². The van der Waals surface area contributed by atoms with Gasteiger partial charge in [-0.15, -0.1) is 22.6 Å². The highest BCUT2D eigenvalue weighted by molar-refractivity contribution is 5.95. The Kier molecular flexibility index (Phi) is 5.58. The number of rotatable bonds is 2. The summed E-state index contributed by atoms with van der Waals surface area (Å²) in [6.45, 7) is 5.78. The van der Waals surface area contributed by atoms with Crippen molar-refractivity contribution < 1.29 is 9.18 Å². The van der Waals surface area contributed by atoms with E-state index in [1.54, 1.807) is 6.07 Å². The summed E-state index contributed by atoms with van der Waals surface area (Å²) in [5.74, 6) is 1.92. The zero-order valence-corrected chi connectivity index (χ0v) is 15.6. The van der Waals surface area contributed by atoms with Gasteiger partial charge in [0.2, 0.25) is 0 Å². The van der Waals surface area contributed by atoms with Crippen LogP contribution in [0.25, 0.3) is 0 Å². The lowest BCUT2D eigenvalue weighted by Gasteiger charge is -2.32. The van der Waals surface area contributed by atoms with Gasteiger partial charge in [-0.25, -0.2) is 4.39 Å². The van der Waals surface area contributed by atoms with E-state index in [1.807, 2.05) is 11.8 Å². The highest BCUT2D eigenvalue weighted by Gasteiger charge is 2.29. The molecule has 6 nitrogen and oxygen atoms in total. The molecule has 0 spiro atoms. The average Bonchev–Trinajstić information content (AvgIpc) is 3.07. The van der Waals surface area contributed by atoms with Crippen LogP contribution in [0.1, 0.15) is 46.3 Å². The van der Waals surface area contributed by atoms with Gasteiger partial charge in [0, 0.05) is 37.7 Å². The molecule has 1 fully saturated rings. The van der Waals surface area contributed by atoms with Gasteiger partial charge in [-0.2, -0.15) is 0 Å². The van der Waals surface area contributed by atoms with E-state index in [-0.39, 0.29) is 24.1 Å². The Hall–Kier alpha value is -1.99. The highest BCUT2D eigenvalue weighted by atomic mass is 35.5. The SMILES string of the molecule is Cc1ccc(F)cc1C(=O)N1CCC(c2nnc3n2CCNC3)CC1.Cl. The van der Waals surface area contributed by atoms with E-state index in [9.17, 15) is 9.18 Å². The van der Waals surface area contributed by atoms with Gasteiger partial charge in [0.15, 0.2) is 0 Å². The van der Waals surface area contributed by atoms with Crippen molar-refractivity contribution >= 4 is 18.3 Å². The van der Waals surface area contributed by atoms with Crippen LogP contribution in [0.5, 0.6) is 0 Å². The summed E-state index contributed by atoms with van der Waals surface area (Å²) in [6.07, 6.45) is 1.73. The first kappa shape index (κ1) is 18.8.